The van der Waals surface area contributed by atoms with Crippen LogP contribution in [0.5, 0.6) is 0 Å². The van der Waals surface area contributed by atoms with Gasteiger partial charge in [-0.3, -0.25) is 19.0 Å². The van der Waals surface area contributed by atoms with Gasteiger partial charge in [0.25, 0.3) is 5.56 Å². The van der Waals surface area contributed by atoms with Crippen molar-refractivity contribution in [2.75, 3.05) is 20.2 Å². The Morgan fingerprint density at radius 2 is 1.81 bits per heavy atom. The Balaban J connectivity index is 1.23. The van der Waals surface area contributed by atoms with Crippen LogP contribution in [-0.4, -0.2) is 51.8 Å². The molecule has 1 aromatic heterocycles. The summed E-state index contributed by atoms with van der Waals surface area (Å²) in [6.07, 6.45) is 7.23. The summed E-state index contributed by atoms with van der Waals surface area (Å²) in [5.41, 5.74) is 4.19. The van der Waals surface area contributed by atoms with Gasteiger partial charge in [-0.2, -0.15) is 0 Å². The Bertz CT molecular complexity index is 1430. The molecular weight excluding hydrogens is 548 g/mol. The molecule has 5 rings (SSSR count). The molecule has 0 spiro atoms. The summed E-state index contributed by atoms with van der Waals surface area (Å²) < 4.78 is 6.49. The standard InChI is InChI=1S/C33H40N4O4S/c1-23(25-15-13-24(14-16-25)21-31(39)41-2)34-19-17-30(38)36-20-18-29-28(22-36)32(40)37(26-9-5-3-6-10-26)33(35-29)42-27-11-7-4-8-12-27/h3,5-6,9-10,13-16,23,27,34H,4,7-8,11-12,17-22H2,1-2H3. The van der Waals surface area contributed by atoms with Crippen molar-refractivity contribution in [2.45, 2.75) is 81.3 Å². The highest BCUT2D eigenvalue weighted by Crippen LogP contribution is 2.34. The van der Waals surface area contributed by atoms with Gasteiger partial charge in [-0.15, -0.1) is 0 Å². The van der Waals surface area contributed by atoms with Gasteiger partial charge in [-0.1, -0.05) is 73.5 Å². The molecule has 2 aromatic carbocycles. The molecule has 0 radical (unpaired) electrons. The summed E-state index contributed by atoms with van der Waals surface area (Å²) in [6, 6.07) is 17.6. The fourth-order valence-electron chi connectivity index (χ4n) is 5.72. The quantitative estimate of drug-likeness (QED) is 0.263. The van der Waals surface area contributed by atoms with Crippen molar-refractivity contribution in [2.24, 2.45) is 0 Å². The number of ether oxygens (including phenoxy) is 1. The van der Waals surface area contributed by atoms with Crippen molar-refractivity contribution in [3.8, 4) is 5.69 Å². The molecule has 1 N–H and O–H groups in total. The predicted octanol–water partition coefficient (Wildman–Crippen LogP) is 5.00. The zero-order valence-corrected chi connectivity index (χ0v) is 25.3. The third-order valence-corrected chi connectivity index (χ3v) is 9.53. The number of fused-ring (bicyclic) bond motifs is 1. The van der Waals surface area contributed by atoms with Gasteiger partial charge in [0.05, 0.1) is 37.0 Å². The minimum absolute atomic E-state index is 0.0279. The average molecular weight is 589 g/mol. The molecule has 1 unspecified atom stereocenters. The second kappa shape index (κ2) is 14.2. The van der Waals surface area contributed by atoms with Crippen LogP contribution in [0.3, 0.4) is 0 Å². The molecule has 3 aromatic rings. The number of amides is 1. The van der Waals surface area contributed by atoms with Crippen LogP contribution in [0, 0.1) is 0 Å². The van der Waals surface area contributed by atoms with Gasteiger partial charge < -0.3 is 15.0 Å². The van der Waals surface area contributed by atoms with Crippen molar-refractivity contribution in [3.05, 3.63) is 87.3 Å². The third kappa shape index (κ3) is 7.31. The van der Waals surface area contributed by atoms with E-state index in [4.69, 9.17) is 9.72 Å². The van der Waals surface area contributed by atoms with E-state index in [1.807, 2.05) is 54.6 Å². The number of esters is 1. The number of carbonyl (C=O) groups is 2. The minimum Gasteiger partial charge on any atom is -0.469 e. The van der Waals surface area contributed by atoms with Gasteiger partial charge in [0, 0.05) is 37.2 Å². The molecule has 0 bridgehead atoms. The summed E-state index contributed by atoms with van der Waals surface area (Å²) in [7, 11) is 1.39. The number of aromatic nitrogens is 2. The van der Waals surface area contributed by atoms with E-state index in [2.05, 4.69) is 12.2 Å². The maximum atomic E-state index is 13.9. The van der Waals surface area contributed by atoms with Crippen LogP contribution in [0.15, 0.2) is 64.5 Å². The van der Waals surface area contributed by atoms with Gasteiger partial charge >= 0.3 is 5.97 Å². The van der Waals surface area contributed by atoms with Crippen LogP contribution in [0.25, 0.3) is 5.69 Å². The monoisotopic (exact) mass is 588 g/mol. The van der Waals surface area contributed by atoms with Gasteiger partial charge in [0.2, 0.25) is 5.91 Å². The van der Waals surface area contributed by atoms with Gasteiger partial charge in [-0.05, 0) is 43.0 Å². The number of hydrogen-bond donors (Lipinski definition) is 1. The fourth-order valence-corrected chi connectivity index (χ4v) is 7.04. The summed E-state index contributed by atoms with van der Waals surface area (Å²) in [5, 5.41) is 4.68. The molecule has 0 saturated heterocycles. The van der Waals surface area contributed by atoms with Crippen molar-refractivity contribution in [1.82, 2.24) is 19.8 Å². The van der Waals surface area contributed by atoms with E-state index in [-0.39, 0.29) is 29.9 Å². The highest BCUT2D eigenvalue weighted by Gasteiger charge is 2.28. The van der Waals surface area contributed by atoms with Crippen LogP contribution in [-0.2, 0) is 33.7 Å². The molecule has 1 saturated carbocycles. The molecule has 1 fully saturated rings. The Kier molecular flexibility index (Phi) is 10.1. The van der Waals surface area contributed by atoms with Crippen LogP contribution in [0.1, 0.15) is 73.9 Å². The molecule has 2 aliphatic rings. The fraction of sp³-hybridized carbons (Fsp3) is 0.455. The Labute approximate surface area is 251 Å². The first-order valence-corrected chi connectivity index (χ1v) is 15.8. The lowest BCUT2D eigenvalue weighted by atomic mass is 10.0. The lowest BCUT2D eigenvalue weighted by Gasteiger charge is -2.30. The van der Waals surface area contributed by atoms with Gasteiger partial charge in [0.15, 0.2) is 5.16 Å². The second-order valence-corrected chi connectivity index (χ2v) is 12.4. The van der Waals surface area contributed by atoms with Crippen LogP contribution in [0.4, 0.5) is 0 Å². The first-order chi connectivity index (χ1) is 20.4. The van der Waals surface area contributed by atoms with Gasteiger partial charge in [0.1, 0.15) is 0 Å². The lowest BCUT2D eigenvalue weighted by molar-refractivity contribution is -0.139. The molecule has 42 heavy (non-hydrogen) atoms. The summed E-state index contributed by atoms with van der Waals surface area (Å²) >= 11 is 1.74. The highest BCUT2D eigenvalue weighted by atomic mass is 32.2. The molecule has 1 atom stereocenters. The zero-order valence-electron chi connectivity index (χ0n) is 24.5. The largest absolute Gasteiger partial charge is 0.469 e. The number of benzene rings is 2. The summed E-state index contributed by atoms with van der Waals surface area (Å²) in [6.45, 7) is 3.44. The lowest BCUT2D eigenvalue weighted by Crippen LogP contribution is -2.42. The molecule has 8 nitrogen and oxygen atoms in total. The molecule has 9 heteroatoms. The van der Waals surface area contributed by atoms with Crippen LogP contribution < -0.4 is 10.9 Å². The van der Waals surface area contributed by atoms with E-state index in [1.165, 1.54) is 26.4 Å². The van der Waals surface area contributed by atoms with Crippen LogP contribution in [0.2, 0.25) is 0 Å². The smallest absolute Gasteiger partial charge is 0.309 e. The highest BCUT2D eigenvalue weighted by molar-refractivity contribution is 7.99. The molecule has 1 aliphatic carbocycles. The average Bonchev–Trinajstić information content (AvgIpc) is 3.02. The van der Waals surface area contributed by atoms with E-state index in [1.54, 1.807) is 21.2 Å². The second-order valence-electron chi connectivity index (χ2n) is 11.2. The number of nitrogens with one attached hydrogen (secondary N) is 1. The van der Waals surface area contributed by atoms with E-state index in [0.29, 0.717) is 43.3 Å². The number of thioether (sulfide) groups is 1. The Hall–Kier alpha value is -3.43. The third-order valence-electron chi connectivity index (χ3n) is 8.24. The van der Waals surface area contributed by atoms with Crippen molar-refractivity contribution >= 4 is 23.6 Å². The van der Waals surface area contributed by atoms with Crippen molar-refractivity contribution in [1.29, 1.82) is 0 Å². The number of nitrogens with zero attached hydrogens (tertiary/aromatic N) is 3. The molecule has 1 aliphatic heterocycles. The summed E-state index contributed by atoms with van der Waals surface area (Å²) in [4.78, 5) is 45.5. The van der Waals surface area contributed by atoms with Crippen LogP contribution >= 0.6 is 11.8 Å². The number of para-hydroxylation sites is 1. The minimum atomic E-state index is -0.263. The topological polar surface area (TPSA) is 93.5 Å². The first-order valence-electron chi connectivity index (χ1n) is 15.0. The summed E-state index contributed by atoms with van der Waals surface area (Å²) in [5.74, 6) is -0.235. The number of methoxy groups -OCH3 is 1. The SMILES string of the molecule is COC(=O)Cc1ccc(C(C)NCCC(=O)N2CCc3nc(SC4CCCCC4)n(-c4ccccc4)c(=O)c3C2)cc1. The maximum Gasteiger partial charge on any atom is 0.309 e. The van der Waals surface area contributed by atoms with E-state index >= 15 is 0 Å². The van der Waals surface area contributed by atoms with E-state index in [9.17, 15) is 14.4 Å². The van der Waals surface area contributed by atoms with Crippen molar-refractivity contribution < 1.29 is 14.3 Å². The molecule has 2 heterocycles. The van der Waals surface area contributed by atoms with E-state index in [0.717, 1.165) is 40.5 Å². The van der Waals surface area contributed by atoms with Crippen molar-refractivity contribution in [3.63, 3.8) is 0 Å². The Morgan fingerprint density at radius 3 is 2.52 bits per heavy atom. The predicted molar refractivity (Wildman–Crippen MR) is 165 cm³/mol. The maximum absolute atomic E-state index is 13.9. The molecule has 1 amide bonds. The zero-order chi connectivity index (χ0) is 29.5. The van der Waals surface area contributed by atoms with E-state index < -0.39 is 0 Å². The normalized spacial score (nSPS) is 16.1. The molecular formula is C33H40N4O4S. The number of hydrogen-bond acceptors (Lipinski definition) is 7. The number of rotatable bonds is 10. The van der Waals surface area contributed by atoms with Gasteiger partial charge in [-0.25, -0.2) is 4.98 Å². The molecule has 222 valence electrons. The Morgan fingerprint density at radius 1 is 1.07 bits per heavy atom. The first kappa shape index (κ1) is 30.0. The number of carbonyl (C=O) groups excluding carboxylic acids is 2.